The zero-order valence-electron chi connectivity index (χ0n) is 13.4. The van der Waals surface area contributed by atoms with Gasteiger partial charge in [0.2, 0.25) is 5.91 Å². The summed E-state index contributed by atoms with van der Waals surface area (Å²) in [6.45, 7) is 1.96. The van der Waals surface area contributed by atoms with Gasteiger partial charge in [0.25, 0.3) is 5.91 Å². The molecule has 0 saturated carbocycles. The van der Waals surface area contributed by atoms with Crippen molar-refractivity contribution in [3.63, 3.8) is 0 Å². The van der Waals surface area contributed by atoms with Crippen molar-refractivity contribution < 1.29 is 9.59 Å². The maximum atomic E-state index is 12.1. The lowest BCUT2D eigenvalue weighted by molar-refractivity contribution is -0.115. The van der Waals surface area contributed by atoms with Crippen molar-refractivity contribution in [1.29, 1.82) is 0 Å². The van der Waals surface area contributed by atoms with Crippen molar-refractivity contribution in [2.75, 3.05) is 10.6 Å². The molecule has 0 aliphatic heterocycles. The fraction of sp³-hybridized carbons (Fsp3) is 0.118. The van der Waals surface area contributed by atoms with Crippen LogP contribution < -0.4 is 10.6 Å². The van der Waals surface area contributed by atoms with Gasteiger partial charge in [-0.05, 0) is 24.6 Å². The van der Waals surface area contributed by atoms with Gasteiger partial charge >= 0.3 is 0 Å². The van der Waals surface area contributed by atoms with Crippen LogP contribution in [-0.4, -0.2) is 26.8 Å². The van der Waals surface area contributed by atoms with Gasteiger partial charge in [0.15, 0.2) is 5.13 Å². The van der Waals surface area contributed by atoms with Crippen molar-refractivity contribution >= 4 is 34.0 Å². The predicted molar refractivity (Wildman–Crippen MR) is 95.6 cm³/mol. The van der Waals surface area contributed by atoms with Gasteiger partial charge in [0.05, 0.1) is 18.3 Å². The topological polar surface area (TPSA) is 96.9 Å². The van der Waals surface area contributed by atoms with Crippen molar-refractivity contribution in [3.8, 4) is 0 Å². The van der Waals surface area contributed by atoms with Crippen molar-refractivity contribution in [1.82, 2.24) is 15.0 Å². The summed E-state index contributed by atoms with van der Waals surface area (Å²) in [5.74, 6) is -0.555. The third-order valence-electron chi connectivity index (χ3n) is 3.21. The van der Waals surface area contributed by atoms with E-state index >= 15 is 0 Å². The van der Waals surface area contributed by atoms with Crippen LogP contribution in [0.25, 0.3) is 0 Å². The standard InChI is InChI=1S/C17H15N5O2S/c1-11-3-2-4-12(7-11)20-15(23)8-13-10-25-17(21-13)22-16(24)14-9-18-5-6-19-14/h2-7,9-10H,8H2,1H3,(H,20,23)(H,21,22,24). The van der Waals surface area contributed by atoms with Gasteiger partial charge in [-0.2, -0.15) is 0 Å². The van der Waals surface area contributed by atoms with Crippen LogP contribution >= 0.6 is 11.3 Å². The average molecular weight is 353 g/mol. The molecule has 0 unspecified atom stereocenters. The monoisotopic (exact) mass is 353 g/mol. The number of nitrogens with one attached hydrogen (secondary N) is 2. The van der Waals surface area contributed by atoms with E-state index in [2.05, 4.69) is 25.6 Å². The molecule has 0 aliphatic carbocycles. The number of aryl methyl sites for hydroxylation is 1. The summed E-state index contributed by atoms with van der Waals surface area (Å²) in [6, 6.07) is 7.57. The highest BCUT2D eigenvalue weighted by molar-refractivity contribution is 7.14. The molecule has 2 amide bonds. The fourth-order valence-corrected chi connectivity index (χ4v) is 2.82. The number of anilines is 2. The molecule has 2 aromatic heterocycles. The lowest BCUT2D eigenvalue weighted by Gasteiger charge is -2.04. The number of carbonyl (C=O) groups excluding carboxylic acids is 2. The largest absolute Gasteiger partial charge is 0.326 e. The summed E-state index contributed by atoms with van der Waals surface area (Å²) < 4.78 is 0. The van der Waals surface area contributed by atoms with Crippen LogP contribution in [0.2, 0.25) is 0 Å². The number of amides is 2. The van der Waals surface area contributed by atoms with E-state index in [0.717, 1.165) is 11.3 Å². The summed E-state index contributed by atoms with van der Waals surface area (Å²) in [4.78, 5) is 36.1. The van der Waals surface area contributed by atoms with E-state index < -0.39 is 5.91 Å². The predicted octanol–water partition coefficient (Wildman–Crippen LogP) is 2.68. The Labute approximate surface area is 148 Å². The molecule has 2 N–H and O–H groups in total. The van der Waals surface area contributed by atoms with E-state index in [1.54, 1.807) is 5.38 Å². The number of benzene rings is 1. The molecule has 0 fully saturated rings. The fourth-order valence-electron chi connectivity index (χ4n) is 2.12. The lowest BCUT2D eigenvalue weighted by atomic mass is 10.2. The summed E-state index contributed by atoms with van der Waals surface area (Å²) in [5.41, 5.74) is 2.61. The maximum absolute atomic E-state index is 12.1. The van der Waals surface area contributed by atoms with Crippen LogP contribution in [0.1, 0.15) is 21.7 Å². The highest BCUT2D eigenvalue weighted by atomic mass is 32.1. The lowest BCUT2D eigenvalue weighted by Crippen LogP contribution is -2.15. The summed E-state index contributed by atoms with van der Waals surface area (Å²) in [7, 11) is 0. The highest BCUT2D eigenvalue weighted by Gasteiger charge is 2.12. The molecule has 0 spiro atoms. The van der Waals surface area contributed by atoms with Crippen molar-refractivity contribution in [3.05, 3.63) is 65.2 Å². The van der Waals surface area contributed by atoms with Gasteiger partial charge in [-0.3, -0.25) is 19.9 Å². The first-order valence-corrected chi connectivity index (χ1v) is 8.36. The number of thiazole rings is 1. The molecule has 3 rings (SSSR count). The first-order chi connectivity index (χ1) is 12.1. The van der Waals surface area contributed by atoms with Crippen LogP contribution in [0, 0.1) is 6.92 Å². The molecule has 0 atom stereocenters. The van der Waals surface area contributed by atoms with E-state index in [1.165, 1.54) is 29.9 Å². The second-order valence-electron chi connectivity index (χ2n) is 5.28. The normalized spacial score (nSPS) is 10.3. The Morgan fingerprint density at radius 2 is 2.08 bits per heavy atom. The molecule has 1 aromatic carbocycles. The summed E-state index contributed by atoms with van der Waals surface area (Å²) in [6.07, 6.45) is 4.44. The number of nitrogens with zero attached hydrogens (tertiary/aromatic N) is 3. The SMILES string of the molecule is Cc1cccc(NC(=O)Cc2csc(NC(=O)c3cnccn3)n2)c1. The van der Waals surface area contributed by atoms with Crippen LogP contribution in [0.5, 0.6) is 0 Å². The number of aromatic nitrogens is 3. The second kappa shape index (κ2) is 7.63. The van der Waals surface area contributed by atoms with Crippen LogP contribution in [0.3, 0.4) is 0 Å². The second-order valence-corrected chi connectivity index (χ2v) is 6.14. The molecule has 3 aromatic rings. The zero-order chi connectivity index (χ0) is 17.6. The van der Waals surface area contributed by atoms with Crippen LogP contribution in [0.15, 0.2) is 48.2 Å². The molecule has 0 radical (unpaired) electrons. The maximum Gasteiger partial charge on any atom is 0.277 e. The number of hydrogen-bond donors (Lipinski definition) is 2. The summed E-state index contributed by atoms with van der Waals surface area (Å²) >= 11 is 1.25. The third-order valence-corrected chi connectivity index (χ3v) is 4.02. The van der Waals surface area contributed by atoms with E-state index in [1.807, 2.05) is 31.2 Å². The zero-order valence-corrected chi connectivity index (χ0v) is 14.2. The minimum atomic E-state index is -0.391. The smallest absolute Gasteiger partial charge is 0.277 e. The molecule has 0 aliphatic rings. The first-order valence-electron chi connectivity index (χ1n) is 7.48. The van der Waals surface area contributed by atoms with Gasteiger partial charge < -0.3 is 5.32 Å². The van der Waals surface area contributed by atoms with Crippen LogP contribution in [0.4, 0.5) is 10.8 Å². The average Bonchev–Trinajstić information content (AvgIpc) is 3.02. The molecule has 8 heteroatoms. The molecule has 7 nitrogen and oxygen atoms in total. The minimum Gasteiger partial charge on any atom is -0.326 e. The van der Waals surface area contributed by atoms with E-state index in [0.29, 0.717) is 10.8 Å². The molecule has 2 heterocycles. The number of rotatable bonds is 5. The Kier molecular flexibility index (Phi) is 5.10. The first kappa shape index (κ1) is 16.7. The van der Waals surface area contributed by atoms with E-state index in [4.69, 9.17) is 0 Å². The molecular weight excluding hydrogens is 338 g/mol. The van der Waals surface area contributed by atoms with Gasteiger partial charge in [-0.15, -0.1) is 11.3 Å². The third kappa shape index (κ3) is 4.67. The Morgan fingerprint density at radius 3 is 2.84 bits per heavy atom. The molecule has 25 heavy (non-hydrogen) atoms. The minimum absolute atomic E-state index is 0.130. The molecular formula is C17H15N5O2S. The molecule has 126 valence electrons. The van der Waals surface area contributed by atoms with Gasteiger partial charge in [-0.1, -0.05) is 12.1 Å². The van der Waals surface area contributed by atoms with E-state index in [9.17, 15) is 9.59 Å². The highest BCUT2D eigenvalue weighted by Crippen LogP contribution is 2.17. The van der Waals surface area contributed by atoms with Crippen molar-refractivity contribution in [2.45, 2.75) is 13.3 Å². The number of carbonyl (C=O) groups is 2. The van der Waals surface area contributed by atoms with Gasteiger partial charge in [-0.25, -0.2) is 9.97 Å². The Balaban J connectivity index is 1.58. The number of hydrogen-bond acceptors (Lipinski definition) is 6. The van der Waals surface area contributed by atoms with E-state index in [-0.39, 0.29) is 18.0 Å². The van der Waals surface area contributed by atoms with Crippen molar-refractivity contribution in [2.24, 2.45) is 0 Å². The Morgan fingerprint density at radius 1 is 1.20 bits per heavy atom. The van der Waals surface area contributed by atoms with Crippen LogP contribution in [-0.2, 0) is 11.2 Å². The molecule has 0 bridgehead atoms. The van der Waals surface area contributed by atoms with Gasteiger partial charge in [0.1, 0.15) is 5.69 Å². The quantitative estimate of drug-likeness (QED) is 0.735. The Hall–Kier alpha value is -3.13. The summed E-state index contributed by atoms with van der Waals surface area (Å²) in [5, 5.41) is 7.62. The molecule has 0 saturated heterocycles. The van der Waals surface area contributed by atoms with Gasteiger partial charge in [0, 0.05) is 23.5 Å². The Bertz CT molecular complexity index is 895.